The predicted molar refractivity (Wildman–Crippen MR) is 139 cm³/mol. The molecule has 0 bridgehead atoms. The van der Waals surface area contributed by atoms with E-state index >= 15 is 0 Å². The lowest BCUT2D eigenvalue weighted by Crippen LogP contribution is -2.48. The lowest BCUT2D eigenvalue weighted by Gasteiger charge is -2.47. The number of pyridine rings is 1. The average Bonchev–Trinajstić information content (AvgIpc) is 3.19. The fourth-order valence-corrected chi connectivity index (χ4v) is 6.85. The molecule has 2 saturated carbocycles. The van der Waals surface area contributed by atoms with Gasteiger partial charge in [-0.25, -0.2) is 4.79 Å². The number of carbonyl (C=O) groups is 2. The number of aromatic nitrogens is 1. The van der Waals surface area contributed by atoms with Crippen LogP contribution in [0.3, 0.4) is 0 Å². The van der Waals surface area contributed by atoms with Gasteiger partial charge < -0.3 is 14.8 Å². The Morgan fingerprint density at radius 2 is 2.00 bits per heavy atom. The Balaban J connectivity index is 1.34. The van der Waals surface area contributed by atoms with Crippen LogP contribution in [0.2, 0.25) is 0 Å². The maximum Gasteiger partial charge on any atom is 0.416 e. The Morgan fingerprint density at radius 3 is 2.72 bits per heavy atom. The van der Waals surface area contributed by atoms with Gasteiger partial charge in [-0.3, -0.25) is 9.78 Å². The van der Waals surface area contributed by atoms with E-state index in [-0.39, 0.29) is 41.8 Å². The molecule has 9 heteroatoms. The highest BCUT2D eigenvalue weighted by Crippen LogP contribution is 2.53. The van der Waals surface area contributed by atoms with Crippen LogP contribution >= 0.6 is 0 Å². The van der Waals surface area contributed by atoms with Gasteiger partial charge in [0, 0.05) is 23.7 Å². The molecule has 1 N–H and O–H groups in total. The lowest BCUT2D eigenvalue weighted by atomic mass is 9.57. The molecule has 3 aliphatic rings. The molecule has 5 rings (SSSR count). The molecule has 0 radical (unpaired) electrons. The number of hydrogen-bond donors (Lipinski definition) is 1. The van der Waals surface area contributed by atoms with Crippen molar-refractivity contribution in [3.63, 3.8) is 0 Å². The van der Waals surface area contributed by atoms with Gasteiger partial charge in [-0.1, -0.05) is 24.3 Å². The highest BCUT2D eigenvalue weighted by atomic mass is 19.4. The average molecular weight is 543 g/mol. The number of rotatable bonds is 5. The highest BCUT2D eigenvalue weighted by molar-refractivity contribution is 5.75. The highest BCUT2D eigenvalue weighted by Gasteiger charge is 2.54. The van der Waals surface area contributed by atoms with Crippen LogP contribution in [0.25, 0.3) is 17.2 Å². The van der Waals surface area contributed by atoms with Gasteiger partial charge in [0.05, 0.1) is 23.8 Å². The van der Waals surface area contributed by atoms with Gasteiger partial charge in [-0.15, -0.1) is 0 Å². The Hall–Kier alpha value is -3.36. The number of nitrogens with zero attached hydrogens (tertiary/aromatic N) is 1. The molecule has 1 saturated heterocycles. The predicted octanol–water partition coefficient (Wildman–Crippen LogP) is 6.51. The van der Waals surface area contributed by atoms with Crippen LogP contribution in [-0.4, -0.2) is 35.8 Å². The second kappa shape index (κ2) is 11.0. The number of amides is 1. The van der Waals surface area contributed by atoms with Gasteiger partial charge in [0.2, 0.25) is 0 Å². The van der Waals surface area contributed by atoms with Gasteiger partial charge >= 0.3 is 18.2 Å². The number of esters is 1. The largest absolute Gasteiger partial charge is 0.462 e. The molecule has 3 fully saturated rings. The number of halogens is 3. The summed E-state index contributed by atoms with van der Waals surface area (Å²) in [7, 11) is 0. The Kier molecular flexibility index (Phi) is 7.69. The van der Waals surface area contributed by atoms with Crippen LogP contribution in [0.4, 0.5) is 18.0 Å². The van der Waals surface area contributed by atoms with Crippen LogP contribution < -0.4 is 5.32 Å². The summed E-state index contributed by atoms with van der Waals surface area (Å²) >= 11 is 0. The zero-order valence-electron chi connectivity index (χ0n) is 22.0. The number of cyclic esters (lactones) is 1. The number of nitrogens with one attached hydrogen (secondary N) is 1. The van der Waals surface area contributed by atoms with E-state index in [9.17, 15) is 22.8 Å². The Labute approximate surface area is 226 Å². The van der Waals surface area contributed by atoms with Crippen LogP contribution in [-0.2, 0) is 20.4 Å². The molecule has 0 spiro atoms. The molecule has 6 nitrogen and oxygen atoms in total. The van der Waals surface area contributed by atoms with Gasteiger partial charge in [-0.05, 0) is 87.1 Å². The summed E-state index contributed by atoms with van der Waals surface area (Å²) in [6.07, 6.45) is 3.99. The minimum atomic E-state index is -4.40. The maximum absolute atomic E-state index is 13.1. The van der Waals surface area contributed by atoms with Crippen molar-refractivity contribution in [2.24, 2.45) is 29.6 Å². The van der Waals surface area contributed by atoms with Crippen LogP contribution in [0.1, 0.15) is 50.8 Å². The summed E-state index contributed by atoms with van der Waals surface area (Å²) in [5.74, 6) is 0.499. The quantitative estimate of drug-likeness (QED) is 0.436. The zero-order valence-corrected chi connectivity index (χ0v) is 22.0. The number of allylic oxidation sites excluding steroid dienone is 1. The third-order valence-electron chi connectivity index (χ3n) is 8.54. The number of hydrogen-bond acceptors (Lipinski definition) is 5. The third-order valence-corrected chi connectivity index (χ3v) is 8.54. The minimum Gasteiger partial charge on any atom is -0.462 e. The minimum absolute atomic E-state index is 0.0198. The maximum atomic E-state index is 13.1. The molecule has 39 heavy (non-hydrogen) atoms. The number of benzene rings is 1. The van der Waals surface area contributed by atoms with Gasteiger partial charge in [0.1, 0.15) is 6.10 Å². The van der Waals surface area contributed by atoms with E-state index in [1.54, 1.807) is 31.3 Å². The SMILES string of the molecule is CCOC(=O)N[C@@H]1CC[C@H]2C(/C=C/c3ccc(-c4cccc(C(F)(F)F)c4)cn3)[C@@H]3[C@@H](C)OC(=O)[C@@H]3C[C@@H]2C1. The standard InChI is InChI=1S/C30H33F3N2O4/c1-3-38-29(37)35-23-10-11-24-20(14-23)15-26-27(17(2)39-28(26)36)25(24)12-9-22-8-7-19(16-34-22)18-5-4-6-21(13-18)30(31,32)33/h4-9,12-13,16-17,20,23-27H,3,10-11,14-15H2,1-2H3,(H,35,37)/b12-9+/t17-,20+,23-,24-,25?,26-,27+/m1/s1. The molecule has 1 aromatic carbocycles. The first-order chi connectivity index (χ1) is 18.6. The fourth-order valence-electron chi connectivity index (χ4n) is 6.85. The molecule has 1 unspecified atom stereocenters. The van der Waals surface area contributed by atoms with Crippen molar-refractivity contribution in [3.8, 4) is 11.1 Å². The molecule has 1 aliphatic heterocycles. The van der Waals surface area contributed by atoms with E-state index < -0.39 is 17.8 Å². The molecular weight excluding hydrogens is 509 g/mol. The molecule has 1 aromatic heterocycles. The number of alkyl carbamates (subject to hydrolysis) is 1. The van der Waals surface area contributed by atoms with E-state index in [1.165, 1.54) is 6.07 Å². The lowest BCUT2D eigenvalue weighted by molar-refractivity contribution is -0.144. The first-order valence-electron chi connectivity index (χ1n) is 13.6. The molecule has 2 aliphatic carbocycles. The molecule has 208 valence electrons. The smallest absolute Gasteiger partial charge is 0.416 e. The summed E-state index contributed by atoms with van der Waals surface area (Å²) in [5, 5.41) is 2.97. The first-order valence-corrected chi connectivity index (χ1v) is 13.6. The van der Waals surface area contributed by atoms with E-state index in [4.69, 9.17) is 9.47 Å². The topological polar surface area (TPSA) is 77.5 Å². The van der Waals surface area contributed by atoms with Gasteiger partial charge in [0.25, 0.3) is 0 Å². The van der Waals surface area contributed by atoms with Gasteiger partial charge in [-0.2, -0.15) is 13.2 Å². The molecule has 1 amide bonds. The zero-order chi connectivity index (χ0) is 27.7. The van der Waals surface area contributed by atoms with Crippen LogP contribution in [0.5, 0.6) is 0 Å². The summed E-state index contributed by atoms with van der Waals surface area (Å²) in [6.45, 7) is 4.05. The fraction of sp³-hybridized carbons (Fsp3) is 0.500. The van der Waals surface area contributed by atoms with Crippen molar-refractivity contribution in [1.29, 1.82) is 0 Å². The Morgan fingerprint density at radius 1 is 1.18 bits per heavy atom. The van der Waals surface area contributed by atoms with Crippen molar-refractivity contribution in [3.05, 3.63) is 59.9 Å². The number of alkyl halides is 3. The van der Waals surface area contributed by atoms with E-state index in [2.05, 4.69) is 16.4 Å². The van der Waals surface area contributed by atoms with Crippen molar-refractivity contribution in [1.82, 2.24) is 10.3 Å². The van der Waals surface area contributed by atoms with E-state index in [0.29, 0.717) is 29.3 Å². The van der Waals surface area contributed by atoms with Crippen LogP contribution in [0.15, 0.2) is 48.7 Å². The first kappa shape index (κ1) is 27.2. The van der Waals surface area contributed by atoms with Gasteiger partial charge in [0.15, 0.2) is 0 Å². The normalized spacial score (nSPS) is 30.4. The molecule has 2 aromatic rings. The molecular formula is C30H33F3N2O4. The molecule has 2 heterocycles. The summed E-state index contributed by atoms with van der Waals surface area (Å²) < 4.78 is 50.1. The van der Waals surface area contributed by atoms with E-state index in [1.807, 2.05) is 13.0 Å². The van der Waals surface area contributed by atoms with E-state index in [0.717, 1.165) is 37.8 Å². The van der Waals surface area contributed by atoms with Crippen molar-refractivity contribution < 1.29 is 32.2 Å². The number of ether oxygens (including phenoxy) is 2. The Bertz CT molecular complexity index is 1230. The number of carbonyl (C=O) groups excluding carboxylic acids is 2. The van der Waals surface area contributed by atoms with Crippen LogP contribution in [0, 0.1) is 29.6 Å². The summed E-state index contributed by atoms with van der Waals surface area (Å²) in [6, 6.07) is 8.79. The molecule has 7 atom stereocenters. The monoisotopic (exact) mass is 542 g/mol. The third kappa shape index (κ3) is 5.82. The summed E-state index contributed by atoms with van der Waals surface area (Å²) in [4.78, 5) is 29.2. The summed E-state index contributed by atoms with van der Waals surface area (Å²) in [5.41, 5.74) is 1.06. The second-order valence-corrected chi connectivity index (χ2v) is 10.8. The van der Waals surface area contributed by atoms with Crippen molar-refractivity contribution in [2.45, 2.75) is 57.9 Å². The number of fused-ring (bicyclic) bond motifs is 2. The second-order valence-electron chi connectivity index (χ2n) is 10.8. The van der Waals surface area contributed by atoms with Crippen molar-refractivity contribution >= 4 is 18.1 Å². The van der Waals surface area contributed by atoms with Crippen molar-refractivity contribution in [2.75, 3.05) is 6.61 Å².